The summed E-state index contributed by atoms with van der Waals surface area (Å²) in [6.07, 6.45) is 0.0859. The molecule has 0 aromatic rings. The van der Waals surface area contributed by atoms with Crippen LogP contribution in [0.2, 0.25) is 0 Å². The van der Waals surface area contributed by atoms with Crippen LogP contribution >= 0.6 is 0 Å². The number of hydrogen-bond acceptors (Lipinski definition) is 4. The third-order valence-electron chi connectivity index (χ3n) is 2.18. The number of carbonyl (C=O) groups excluding carboxylic acids is 2. The van der Waals surface area contributed by atoms with Gasteiger partial charge in [-0.05, 0) is 0 Å². The minimum absolute atomic E-state index is 0.161. The number of rotatable bonds is 2. The Bertz CT molecular complexity index is 232. The van der Waals surface area contributed by atoms with Gasteiger partial charge in [0, 0.05) is 12.3 Å². The molecule has 1 aliphatic rings. The molecule has 0 N–H and O–H groups in total. The summed E-state index contributed by atoms with van der Waals surface area (Å²) in [5.74, 6) is -0.569. The zero-order valence-corrected chi connectivity index (χ0v) is 8.12. The third-order valence-corrected chi connectivity index (χ3v) is 2.18. The topological polar surface area (TPSA) is 52.6 Å². The van der Waals surface area contributed by atoms with Gasteiger partial charge in [-0.25, -0.2) is 0 Å². The van der Waals surface area contributed by atoms with E-state index in [0.29, 0.717) is 6.42 Å². The summed E-state index contributed by atoms with van der Waals surface area (Å²) in [4.78, 5) is 21.5. The Morgan fingerprint density at radius 2 is 2.31 bits per heavy atom. The van der Waals surface area contributed by atoms with E-state index in [2.05, 4.69) is 0 Å². The van der Waals surface area contributed by atoms with Crippen molar-refractivity contribution in [3.05, 3.63) is 0 Å². The normalized spacial score (nSPS) is 25.5. The van der Waals surface area contributed by atoms with Gasteiger partial charge in [0.15, 0.2) is 0 Å². The molecule has 4 heteroatoms. The standard InChI is InChI=1S/C9H14O4/c1-6(10)12-5-7-9(2,3)4-8(11)13-7/h7H,4-5H2,1-3H3/t7-/m0/s1. The molecular weight excluding hydrogens is 172 g/mol. The van der Waals surface area contributed by atoms with Crippen molar-refractivity contribution in [1.82, 2.24) is 0 Å². The third kappa shape index (κ3) is 2.44. The van der Waals surface area contributed by atoms with Gasteiger partial charge in [-0.3, -0.25) is 9.59 Å². The SMILES string of the molecule is CC(=O)OC[C@@H]1OC(=O)CC1(C)C. The van der Waals surface area contributed by atoms with Gasteiger partial charge >= 0.3 is 11.9 Å². The number of esters is 2. The number of cyclic esters (lactones) is 1. The molecule has 1 heterocycles. The molecule has 0 saturated carbocycles. The summed E-state index contributed by atoms with van der Waals surface area (Å²) in [5, 5.41) is 0. The summed E-state index contributed by atoms with van der Waals surface area (Å²) in [6.45, 7) is 5.34. The van der Waals surface area contributed by atoms with E-state index >= 15 is 0 Å². The molecule has 74 valence electrons. The average molecular weight is 186 g/mol. The molecule has 0 aliphatic carbocycles. The minimum atomic E-state index is -0.348. The van der Waals surface area contributed by atoms with Crippen molar-refractivity contribution >= 4 is 11.9 Å². The fourth-order valence-corrected chi connectivity index (χ4v) is 1.30. The summed E-state index contributed by atoms with van der Waals surface area (Å²) >= 11 is 0. The largest absolute Gasteiger partial charge is 0.462 e. The lowest BCUT2D eigenvalue weighted by atomic mass is 9.86. The molecule has 13 heavy (non-hydrogen) atoms. The maximum atomic E-state index is 11.0. The molecule has 4 nitrogen and oxygen atoms in total. The van der Waals surface area contributed by atoms with E-state index in [9.17, 15) is 9.59 Å². The summed E-state index contributed by atoms with van der Waals surface area (Å²) in [5.41, 5.74) is -0.230. The van der Waals surface area contributed by atoms with Gasteiger partial charge in [-0.2, -0.15) is 0 Å². The van der Waals surface area contributed by atoms with Crippen LogP contribution in [0, 0.1) is 5.41 Å². The zero-order valence-electron chi connectivity index (χ0n) is 8.12. The molecule has 0 aromatic carbocycles. The highest BCUT2D eigenvalue weighted by molar-refractivity contribution is 5.73. The lowest BCUT2D eigenvalue weighted by molar-refractivity contribution is -0.152. The molecule has 1 rings (SSSR count). The van der Waals surface area contributed by atoms with E-state index in [0.717, 1.165) is 0 Å². The van der Waals surface area contributed by atoms with Crippen molar-refractivity contribution < 1.29 is 19.1 Å². The number of carbonyl (C=O) groups is 2. The van der Waals surface area contributed by atoms with Crippen LogP contribution in [-0.2, 0) is 19.1 Å². The Labute approximate surface area is 77.2 Å². The van der Waals surface area contributed by atoms with Crippen LogP contribution in [0.25, 0.3) is 0 Å². The van der Waals surface area contributed by atoms with Gasteiger partial charge in [0.05, 0.1) is 6.42 Å². The summed E-state index contributed by atoms with van der Waals surface area (Å²) in [7, 11) is 0. The Kier molecular flexibility index (Phi) is 2.59. The van der Waals surface area contributed by atoms with Crippen LogP contribution in [0.5, 0.6) is 0 Å². The fourth-order valence-electron chi connectivity index (χ4n) is 1.30. The Morgan fingerprint density at radius 1 is 1.69 bits per heavy atom. The van der Waals surface area contributed by atoms with Crippen molar-refractivity contribution in [3.63, 3.8) is 0 Å². The van der Waals surface area contributed by atoms with E-state index in [-0.39, 0.29) is 30.1 Å². The van der Waals surface area contributed by atoms with Crippen molar-refractivity contribution in [2.75, 3.05) is 6.61 Å². The van der Waals surface area contributed by atoms with Crippen molar-refractivity contribution in [1.29, 1.82) is 0 Å². The zero-order chi connectivity index (χ0) is 10.1. The maximum Gasteiger partial charge on any atom is 0.306 e. The van der Waals surface area contributed by atoms with Gasteiger partial charge in [0.1, 0.15) is 12.7 Å². The molecule has 0 aromatic heterocycles. The van der Waals surface area contributed by atoms with Crippen LogP contribution < -0.4 is 0 Å². The van der Waals surface area contributed by atoms with E-state index in [1.165, 1.54) is 6.92 Å². The lowest BCUT2D eigenvalue weighted by Crippen LogP contribution is -2.30. The van der Waals surface area contributed by atoms with Crippen LogP contribution in [-0.4, -0.2) is 24.6 Å². The molecule has 1 aliphatic heterocycles. The first kappa shape index (κ1) is 10.0. The van der Waals surface area contributed by atoms with E-state index in [4.69, 9.17) is 9.47 Å². The highest BCUT2D eigenvalue weighted by Gasteiger charge is 2.42. The highest BCUT2D eigenvalue weighted by atomic mass is 16.6. The second-order valence-corrected chi connectivity index (χ2v) is 3.95. The van der Waals surface area contributed by atoms with Gasteiger partial charge in [0.2, 0.25) is 0 Å². The smallest absolute Gasteiger partial charge is 0.306 e. The lowest BCUT2D eigenvalue weighted by Gasteiger charge is -2.22. The molecule has 1 atom stereocenters. The Hall–Kier alpha value is -1.06. The second kappa shape index (κ2) is 3.36. The van der Waals surface area contributed by atoms with Crippen molar-refractivity contribution in [2.45, 2.75) is 33.3 Å². The quantitative estimate of drug-likeness (QED) is 0.601. The first-order valence-corrected chi connectivity index (χ1v) is 4.24. The molecule has 0 bridgehead atoms. The van der Waals surface area contributed by atoms with Crippen LogP contribution in [0.4, 0.5) is 0 Å². The van der Waals surface area contributed by atoms with Gasteiger partial charge < -0.3 is 9.47 Å². The average Bonchev–Trinajstić information content (AvgIpc) is 2.19. The maximum absolute atomic E-state index is 11.0. The molecule has 1 fully saturated rings. The van der Waals surface area contributed by atoms with Crippen LogP contribution in [0.3, 0.4) is 0 Å². The first-order valence-electron chi connectivity index (χ1n) is 4.24. The van der Waals surface area contributed by atoms with Gasteiger partial charge in [-0.15, -0.1) is 0 Å². The highest BCUT2D eigenvalue weighted by Crippen LogP contribution is 2.34. The van der Waals surface area contributed by atoms with E-state index in [1.54, 1.807) is 0 Å². The monoisotopic (exact) mass is 186 g/mol. The molecule has 0 unspecified atom stereocenters. The van der Waals surface area contributed by atoms with Gasteiger partial charge in [0.25, 0.3) is 0 Å². The molecule has 0 spiro atoms. The van der Waals surface area contributed by atoms with Gasteiger partial charge in [-0.1, -0.05) is 13.8 Å². The summed E-state index contributed by atoms with van der Waals surface area (Å²) in [6, 6.07) is 0. The molecule has 1 saturated heterocycles. The fraction of sp³-hybridized carbons (Fsp3) is 0.778. The summed E-state index contributed by atoms with van der Waals surface area (Å²) < 4.78 is 9.80. The van der Waals surface area contributed by atoms with E-state index < -0.39 is 0 Å². The molecule has 0 amide bonds. The molecular formula is C9H14O4. The Balaban J connectivity index is 2.50. The van der Waals surface area contributed by atoms with Crippen LogP contribution in [0.15, 0.2) is 0 Å². The Morgan fingerprint density at radius 3 is 2.69 bits per heavy atom. The number of hydrogen-bond donors (Lipinski definition) is 0. The van der Waals surface area contributed by atoms with Crippen LogP contribution in [0.1, 0.15) is 27.2 Å². The van der Waals surface area contributed by atoms with Crippen molar-refractivity contribution in [2.24, 2.45) is 5.41 Å². The predicted octanol–water partition coefficient (Wildman–Crippen LogP) is 0.891. The number of ether oxygens (including phenoxy) is 2. The first-order chi connectivity index (χ1) is 5.92. The van der Waals surface area contributed by atoms with E-state index in [1.807, 2.05) is 13.8 Å². The van der Waals surface area contributed by atoms with Crippen molar-refractivity contribution in [3.8, 4) is 0 Å². The minimum Gasteiger partial charge on any atom is -0.462 e. The second-order valence-electron chi connectivity index (χ2n) is 3.95. The predicted molar refractivity (Wildman–Crippen MR) is 44.9 cm³/mol. The molecule has 0 radical (unpaired) electrons.